The van der Waals surface area contributed by atoms with Gasteiger partial charge in [0.05, 0.1) is 15.2 Å². The predicted molar refractivity (Wildman–Crippen MR) is 113 cm³/mol. The van der Waals surface area contributed by atoms with Crippen molar-refractivity contribution in [2.24, 2.45) is 0 Å². The van der Waals surface area contributed by atoms with E-state index in [2.05, 4.69) is 34.5 Å². The van der Waals surface area contributed by atoms with Crippen LogP contribution in [0.25, 0.3) is 10.2 Å². The molecule has 0 bridgehead atoms. The maximum Gasteiger partial charge on any atom is 0.222 e. The number of halogens is 2. The summed E-state index contributed by atoms with van der Waals surface area (Å²) in [4.78, 5) is 18.9. The number of aromatic nitrogens is 1. The van der Waals surface area contributed by atoms with Crippen molar-refractivity contribution < 1.29 is 4.79 Å². The van der Waals surface area contributed by atoms with E-state index in [1.807, 2.05) is 23.1 Å². The fourth-order valence-corrected chi connectivity index (χ4v) is 4.31. The normalized spacial score (nSPS) is 11.1. The highest BCUT2D eigenvalue weighted by molar-refractivity contribution is 14.1. The van der Waals surface area contributed by atoms with Gasteiger partial charge in [-0.25, -0.2) is 4.98 Å². The van der Waals surface area contributed by atoms with Gasteiger partial charge in [-0.2, -0.15) is 0 Å². The van der Waals surface area contributed by atoms with Crippen molar-refractivity contribution in [3.63, 3.8) is 0 Å². The van der Waals surface area contributed by atoms with E-state index in [-0.39, 0.29) is 0 Å². The molecule has 2 rings (SSSR count). The Bertz CT molecular complexity index is 662. The predicted octanol–water partition coefficient (Wildman–Crippen LogP) is 5.73. The third kappa shape index (κ3) is 6.15. The first-order chi connectivity index (χ1) is 11.6. The van der Waals surface area contributed by atoms with Crippen LogP contribution in [0.1, 0.15) is 44.0 Å². The molecule has 0 unspecified atom stereocenters. The van der Waals surface area contributed by atoms with E-state index in [4.69, 9.17) is 11.6 Å². The van der Waals surface area contributed by atoms with Gasteiger partial charge in [-0.05, 0) is 50.3 Å². The minimum atomic E-state index is 0.308. The van der Waals surface area contributed by atoms with Crippen LogP contribution in [0.2, 0.25) is 5.02 Å². The summed E-state index contributed by atoms with van der Waals surface area (Å²) in [5.41, 5.74) is 1.03. The number of nitrogens with zero attached hydrogens (tertiary/aromatic N) is 2. The van der Waals surface area contributed by atoms with Gasteiger partial charge >= 0.3 is 0 Å². The van der Waals surface area contributed by atoms with E-state index in [9.17, 15) is 4.79 Å². The van der Waals surface area contributed by atoms with Crippen LogP contribution >= 0.6 is 45.5 Å². The molecule has 24 heavy (non-hydrogen) atoms. The first-order valence-corrected chi connectivity index (χ1v) is 11.2. The molecule has 0 N–H and O–H groups in total. The number of fused-ring (bicyclic) bond motifs is 1. The Balaban J connectivity index is 1.79. The Morgan fingerprint density at radius 2 is 2.12 bits per heavy atom. The highest BCUT2D eigenvalue weighted by Crippen LogP contribution is 2.26. The van der Waals surface area contributed by atoms with E-state index in [0.29, 0.717) is 12.3 Å². The second-order valence-corrected chi connectivity index (χ2v) is 8.48. The number of carbonyl (C=O) groups is 1. The standard InChI is InChI=1S/C18H24ClIN2OS/c1-2-11-22(18(23)7-5-10-20)12-4-3-6-17-21-15-9-8-14(19)13-16(15)24-17/h8-9,13H,2-7,10-12H2,1H3. The summed E-state index contributed by atoms with van der Waals surface area (Å²) >= 11 is 10.1. The third-order valence-electron chi connectivity index (χ3n) is 3.83. The van der Waals surface area contributed by atoms with E-state index in [1.165, 1.54) is 0 Å². The van der Waals surface area contributed by atoms with Crippen LogP contribution in [-0.4, -0.2) is 33.3 Å². The number of unbranched alkanes of at least 4 members (excludes halogenated alkanes) is 1. The summed E-state index contributed by atoms with van der Waals surface area (Å²) in [5.74, 6) is 0.308. The number of thiazole rings is 1. The fraction of sp³-hybridized carbons (Fsp3) is 0.556. The van der Waals surface area contributed by atoms with E-state index >= 15 is 0 Å². The molecule has 0 saturated carbocycles. The van der Waals surface area contributed by atoms with Crippen LogP contribution in [0.15, 0.2) is 18.2 Å². The lowest BCUT2D eigenvalue weighted by Gasteiger charge is -2.22. The summed E-state index contributed by atoms with van der Waals surface area (Å²) in [7, 11) is 0. The molecule has 0 saturated heterocycles. The van der Waals surface area contributed by atoms with Crippen LogP contribution in [-0.2, 0) is 11.2 Å². The topological polar surface area (TPSA) is 33.2 Å². The zero-order valence-corrected chi connectivity index (χ0v) is 17.8. The quantitative estimate of drug-likeness (QED) is 0.248. The number of alkyl halides is 1. The average molecular weight is 479 g/mol. The molecular formula is C18H24ClIN2OS. The third-order valence-corrected chi connectivity index (χ3v) is 5.91. The Hall–Kier alpha value is -0.400. The molecule has 0 atom stereocenters. The van der Waals surface area contributed by atoms with Crippen molar-refractivity contribution in [2.75, 3.05) is 17.5 Å². The van der Waals surface area contributed by atoms with Crippen LogP contribution in [0.5, 0.6) is 0 Å². The summed E-state index contributed by atoms with van der Waals surface area (Å²) in [6.45, 7) is 3.87. The highest BCUT2D eigenvalue weighted by atomic mass is 127. The second-order valence-electron chi connectivity index (χ2n) is 5.85. The van der Waals surface area contributed by atoms with E-state index in [1.54, 1.807) is 11.3 Å². The minimum absolute atomic E-state index is 0.308. The number of rotatable bonds is 10. The number of hydrogen-bond acceptors (Lipinski definition) is 3. The highest BCUT2D eigenvalue weighted by Gasteiger charge is 2.12. The minimum Gasteiger partial charge on any atom is -0.343 e. The van der Waals surface area contributed by atoms with Crippen molar-refractivity contribution in [1.82, 2.24) is 9.88 Å². The maximum atomic E-state index is 12.2. The molecule has 132 valence electrons. The maximum absolute atomic E-state index is 12.2. The van der Waals surface area contributed by atoms with Gasteiger partial charge in [-0.1, -0.05) is 41.1 Å². The van der Waals surface area contributed by atoms with Gasteiger partial charge in [-0.15, -0.1) is 11.3 Å². The number of benzene rings is 1. The average Bonchev–Trinajstić information content (AvgIpc) is 2.97. The lowest BCUT2D eigenvalue weighted by atomic mass is 10.2. The molecule has 0 aliphatic heterocycles. The van der Waals surface area contributed by atoms with Crippen LogP contribution < -0.4 is 0 Å². The largest absolute Gasteiger partial charge is 0.343 e. The van der Waals surface area contributed by atoms with Gasteiger partial charge in [-0.3, -0.25) is 4.79 Å². The van der Waals surface area contributed by atoms with Crippen molar-refractivity contribution in [1.29, 1.82) is 0 Å². The Labute approximate surface area is 166 Å². The molecule has 1 aromatic heterocycles. The van der Waals surface area contributed by atoms with Gasteiger partial charge < -0.3 is 4.90 Å². The molecule has 0 spiro atoms. The molecule has 0 aliphatic carbocycles. The first kappa shape index (κ1) is 19.9. The van der Waals surface area contributed by atoms with Crippen LogP contribution in [0, 0.1) is 0 Å². The first-order valence-electron chi connectivity index (χ1n) is 8.52. The number of carbonyl (C=O) groups excluding carboxylic acids is 1. The summed E-state index contributed by atoms with van der Waals surface area (Å²) in [6, 6.07) is 5.84. The molecule has 1 aromatic carbocycles. The summed E-state index contributed by atoms with van der Waals surface area (Å²) in [6.07, 6.45) is 5.75. The number of amides is 1. The molecule has 0 fully saturated rings. The Morgan fingerprint density at radius 1 is 1.29 bits per heavy atom. The zero-order chi connectivity index (χ0) is 17.4. The van der Waals surface area contributed by atoms with Crippen molar-refractivity contribution in [3.8, 4) is 0 Å². The van der Waals surface area contributed by atoms with Gasteiger partial charge in [0.1, 0.15) is 0 Å². The summed E-state index contributed by atoms with van der Waals surface area (Å²) in [5, 5.41) is 1.92. The van der Waals surface area contributed by atoms with Gasteiger partial charge in [0.2, 0.25) is 5.91 Å². The SMILES string of the molecule is CCCN(CCCCc1nc2ccc(Cl)cc2s1)C(=O)CCCI. The van der Waals surface area contributed by atoms with Gasteiger partial charge in [0.15, 0.2) is 0 Å². The molecule has 6 heteroatoms. The Morgan fingerprint density at radius 3 is 2.88 bits per heavy atom. The van der Waals surface area contributed by atoms with E-state index in [0.717, 1.165) is 69.9 Å². The monoisotopic (exact) mass is 478 g/mol. The van der Waals surface area contributed by atoms with E-state index < -0.39 is 0 Å². The Kier molecular flexibility index (Phi) is 8.76. The van der Waals surface area contributed by atoms with Crippen LogP contribution in [0.3, 0.4) is 0 Å². The molecule has 0 aliphatic rings. The molecular weight excluding hydrogens is 455 g/mol. The molecule has 1 amide bonds. The zero-order valence-electron chi connectivity index (χ0n) is 14.1. The number of aryl methyl sites for hydroxylation is 1. The van der Waals surface area contributed by atoms with Crippen LogP contribution in [0.4, 0.5) is 0 Å². The van der Waals surface area contributed by atoms with Crippen molar-refractivity contribution >= 4 is 61.7 Å². The molecule has 2 aromatic rings. The molecule has 1 heterocycles. The lowest BCUT2D eigenvalue weighted by Crippen LogP contribution is -2.32. The lowest BCUT2D eigenvalue weighted by molar-refractivity contribution is -0.131. The molecule has 0 radical (unpaired) electrons. The smallest absolute Gasteiger partial charge is 0.222 e. The van der Waals surface area contributed by atoms with Crippen molar-refractivity contribution in [3.05, 3.63) is 28.2 Å². The number of hydrogen-bond donors (Lipinski definition) is 0. The fourth-order valence-electron chi connectivity index (χ4n) is 2.64. The van der Waals surface area contributed by atoms with Gasteiger partial charge in [0.25, 0.3) is 0 Å². The van der Waals surface area contributed by atoms with Crippen molar-refractivity contribution in [2.45, 2.75) is 45.4 Å². The summed E-state index contributed by atoms with van der Waals surface area (Å²) < 4.78 is 2.20. The van der Waals surface area contributed by atoms with Gasteiger partial charge in [0, 0.05) is 29.0 Å². The molecule has 3 nitrogen and oxygen atoms in total. The second kappa shape index (κ2) is 10.6.